The van der Waals surface area contributed by atoms with Gasteiger partial charge in [0.1, 0.15) is 12.6 Å². The molecule has 0 saturated carbocycles. The number of ether oxygens (including phenoxy) is 1. The van der Waals surface area contributed by atoms with Gasteiger partial charge in [0.2, 0.25) is 5.91 Å². The van der Waals surface area contributed by atoms with E-state index in [9.17, 15) is 14.4 Å². The topological polar surface area (TPSA) is 87.7 Å². The Bertz CT molecular complexity index is 429. The molecule has 2 unspecified atom stereocenters. The molecule has 1 saturated heterocycles. The maximum atomic E-state index is 11.9. The second kappa shape index (κ2) is 7.69. The van der Waals surface area contributed by atoms with Gasteiger partial charge in [-0.3, -0.25) is 14.9 Å². The van der Waals surface area contributed by atoms with Gasteiger partial charge in [0.05, 0.1) is 6.10 Å². The number of carbonyl (C=O) groups is 3. The number of nitrogens with zero attached hydrogens (tertiary/aromatic N) is 1. The summed E-state index contributed by atoms with van der Waals surface area (Å²) in [5.74, 6) is -0.525. The second-order valence-corrected chi connectivity index (χ2v) is 7.14. The fourth-order valence-corrected chi connectivity index (χ4v) is 2.22. The number of carbonyl (C=O) groups excluding carboxylic acids is 3. The molecule has 0 aromatic heterocycles. The van der Waals surface area contributed by atoms with E-state index in [1.165, 1.54) is 0 Å². The van der Waals surface area contributed by atoms with E-state index in [-0.39, 0.29) is 36.2 Å². The first-order chi connectivity index (χ1) is 10.1. The van der Waals surface area contributed by atoms with Crippen LogP contribution in [0.15, 0.2) is 0 Å². The highest BCUT2D eigenvalue weighted by atomic mass is 16.5. The summed E-state index contributed by atoms with van der Waals surface area (Å²) in [5.41, 5.74) is -0.203. The first-order valence-electron chi connectivity index (χ1n) is 7.48. The summed E-state index contributed by atoms with van der Waals surface area (Å²) in [4.78, 5) is 37.4. The van der Waals surface area contributed by atoms with Gasteiger partial charge in [-0.1, -0.05) is 20.8 Å². The van der Waals surface area contributed by atoms with E-state index in [4.69, 9.17) is 4.74 Å². The smallest absolute Gasteiger partial charge is 0.322 e. The molecule has 0 aromatic carbocycles. The lowest BCUT2D eigenvalue weighted by atomic mass is 9.92. The van der Waals surface area contributed by atoms with Gasteiger partial charge in [-0.2, -0.15) is 0 Å². The lowest BCUT2D eigenvalue weighted by Gasteiger charge is -2.21. The van der Waals surface area contributed by atoms with Crippen molar-refractivity contribution >= 4 is 17.7 Å². The van der Waals surface area contributed by atoms with Gasteiger partial charge >= 0.3 is 6.03 Å². The van der Waals surface area contributed by atoms with E-state index in [0.717, 1.165) is 6.54 Å². The average molecular weight is 313 g/mol. The largest absolute Gasteiger partial charge is 0.368 e. The first-order valence-corrected chi connectivity index (χ1v) is 7.48. The molecule has 126 valence electrons. The summed E-state index contributed by atoms with van der Waals surface area (Å²) < 4.78 is 5.41. The van der Waals surface area contributed by atoms with Gasteiger partial charge in [-0.15, -0.1) is 0 Å². The molecule has 0 aromatic rings. The summed E-state index contributed by atoms with van der Waals surface area (Å²) in [6.07, 6.45) is 0.525. The van der Waals surface area contributed by atoms with Crippen molar-refractivity contribution in [3.05, 3.63) is 0 Å². The highest BCUT2D eigenvalue weighted by Gasteiger charge is 2.36. The monoisotopic (exact) mass is 313 g/mol. The van der Waals surface area contributed by atoms with E-state index in [2.05, 4.69) is 10.6 Å². The molecule has 2 atom stereocenters. The molecule has 7 heteroatoms. The second-order valence-electron chi connectivity index (χ2n) is 7.14. The van der Waals surface area contributed by atoms with Crippen LogP contribution in [0.1, 0.15) is 33.6 Å². The fourth-order valence-electron chi connectivity index (χ4n) is 2.22. The van der Waals surface area contributed by atoms with Crippen molar-refractivity contribution in [2.24, 2.45) is 5.41 Å². The molecule has 0 spiro atoms. The number of urea groups is 1. The Balaban J connectivity index is 2.50. The number of hydrogen-bond donors (Lipinski definition) is 2. The molecule has 1 heterocycles. The number of imide groups is 1. The minimum atomic E-state index is -0.692. The Morgan fingerprint density at radius 1 is 1.32 bits per heavy atom. The van der Waals surface area contributed by atoms with Crippen LogP contribution in [0.3, 0.4) is 0 Å². The number of ketones is 1. The first kappa shape index (κ1) is 18.6. The van der Waals surface area contributed by atoms with Crippen LogP contribution >= 0.6 is 0 Å². The Labute approximate surface area is 131 Å². The molecule has 22 heavy (non-hydrogen) atoms. The molecular formula is C15H27N3O4. The van der Waals surface area contributed by atoms with E-state index in [0.29, 0.717) is 6.42 Å². The van der Waals surface area contributed by atoms with Gasteiger partial charge in [0, 0.05) is 13.0 Å². The van der Waals surface area contributed by atoms with Crippen molar-refractivity contribution in [1.29, 1.82) is 0 Å². The molecule has 0 radical (unpaired) electrons. The standard InChI is InChI=1S/C15H27N3O4/c1-15(2,3)8-12(20)16-14(21)17-13-10(19)9-22-11(13)6-7-18(4)5/h11,13H,6-9H2,1-5H3,(H2,16,17,20,21). The van der Waals surface area contributed by atoms with Gasteiger partial charge in [-0.05, 0) is 25.9 Å². The minimum absolute atomic E-state index is 0.00101. The number of amides is 3. The maximum Gasteiger partial charge on any atom is 0.322 e. The Kier molecular flexibility index (Phi) is 6.49. The van der Waals surface area contributed by atoms with Gasteiger partial charge in [0.15, 0.2) is 5.78 Å². The van der Waals surface area contributed by atoms with Crippen LogP contribution in [0.5, 0.6) is 0 Å². The highest BCUT2D eigenvalue weighted by molar-refractivity contribution is 5.97. The fraction of sp³-hybridized carbons (Fsp3) is 0.800. The third-order valence-electron chi connectivity index (χ3n) is 3.25. The molecular weight excluding hydrogens is 286 g/mol. The van der Waals surface area contributed by atoms with Crippen molar-refractivity contribution in [2.75, 3.05) is 27.2 Å². The number of hydrogen-bond acceptors (Lipinski definition) is 5. The van der Waals surface area contributed by atoms with E-state index in [1.807, 2.05) is 39.8 Å². The lowest BCUT2D eigenvalue weighted by Crippen LogP contribution is -2.51. The van der Waals surface area contributed by atoms with Crippen molar-refractivity contribution < 1.29 is 19.1 Å². The molecule has 3 amide bonds. The predicted molar refractivity (Wildman–Crippen MR) is 82.5 cm³/mol. The molecule has 1 fully saturated rings. The minimum Gasteiger partial charge on any atom is -0.368 e. The van der Waals surface area contributed by atoms with Crippen molar-refractivity contribution in [1.82, 2.24) is 15.5 Å². The highest BCUT2D eigenvalue weighted by Crippen LogP contribution is 2.18. The van der Waals surface area contributed by atoms with Gasteiger partial charge < -0.3 is 15.0 Å². The Hall–Kier alpha value is -1.47. The molecule has 0 bridgehead atoms. The summed E-state index contributed by atoms with van der Waals surface area (Å²) >= 11 is 0. The zero-order chi connectivity index (χ0) is 16.9. The normalized spacial score (nSPS) is 22.0. The Morgan fingerprint density at radius 2 is 1.95 bits per heavy atom. The van der Waals surface area contributed by atoms with Gasteiger partial charge in [-0.25, -0.2) is 4.79 Å². The molecule has 7 nitrogen and oxygen atoms in total. The van der Waals surface area contributed by atoms with Crippen molar-refractivity contribution in [2.45, 2.75) is 45.8 Å². The third-order valence-corrected chi connectivity index (χ3v) is 3.25. The van der Waals surface area contributed by atoms with Crippen LogP contribution < -0.4 is 10.6 Å². The molecule has 1 aliphatic heterocycles. The summed E-state index contributed by atoms with van der Waals surface area (Å²) in [5, 5.41) is 4.82. The van der Waals surface area contributed by atoms with Crippen LogP contribution in [0, 0.1) is 5.41 Å². The number of Topliss-reactive ketones (excluding diaryl/α,β-unsaturated/α-hetero) is 1. The zero-order valence-electron chi connectivity index (χ0n) is 14.1. The molecule has 2 N–H and O–H groups in total. The summed E-state index contributed by atoms with van der Waals surface area (Å²) in [7, 11) is 3.86. The van der Waals surface area contributed by atoms with E-state index < -0.39 is 12.1 Å². The summed E-state index contributed by atoms with van der Waals surface area (Å²) in [6, 6.07) is -1.34. The zero-order valence-corrected chi connectivity index (χ0v) is 14.1. The van der Waals surface area contributed by atoms with E-state index >= 15 is 0 Å². The third kappa shape index (κ3) is 6.53. The predicted octanol–water partition coefficient (Wildman–Crippen LogP) is 0.537. The van der Waals surface area contributed by atoms with Crippen LogP contribution in [-0.4, -0.2) is 62.0 Å². The lowest BCUT2D eigenvalue weighted by molar-refractivity contribution is -0.122. The van der Waals surface area contributed by atoms with Crippen LogP contribution in [0.25, 0.3) is 0 Å². The van der Waals surface area contributed by atoms with Crippen LogP contribution in [0.4, 0.5) is 4.79 Å². The van der Waals surface area contributed by atoms with Crippen molar-refractivity contribution in [3.8, 4) is 0 Å². The summed E-state index contributed by atoms with van der Waals surface area (Å²) in [6.45, 7) is 6.49. The van der Waals surface area contributed by atoms with Crippen molar-refractivity contribution in [3.63, 3.8) is 0 Å². The average Bonchev–Trinajstić information content (AvgIpc) is 2.65. The molecule has 1 rings (SSSR count). The maximum absolute atomic E-state index is 11.9. The molecule has 0 aliphatic carbocycles. The number of rotatable bonds is 5. The molecule has 1 aliphatic rings. The van der Waals surface area contributed by atoms with Crippen LogP contribution in [-0.2, 0) is 14.3 Å². The van der Waals surface area contributed by atoms with Crippen LogP contribution in [0.2, 0.25) is 0 Å². The van der Waals surface area contributed by atoms with Gasteiger partial charge in [0.25, 0.3) is 0 Å². The number of nitrogens with one attached hydrogen (secondary N) is 2. The Morgan fingerprint density at radius 3 is 2.50 bits per heavy atom. The quantitative estimate of drug-likeness (QED) is 0.773. The van der Waals surface area contributed by atoms with E-state index in [1.54, 1.807) is 0 Å². The SMILES string of the molecule is CN(C)CCC1OCC(=O)C1NC(=O)NC(=O)CC(C)(C)C.